The first-order valence-electron chi connectivity index (χ1n) is 7.22. The fourth-order valence-corrected chi connectivity index (χ4v) is 2.73. The van der Waals surface area contributed by atoms with Gasteiger partial charge in [-0.2, -0.15) is 4.98 Å². The normalized spacial score (nSPS) is 21.9. The average molecular weight is 457 g/mol. The molecule has 128 valence electrons. The Balaban J connectivity index is 1.96. The molecule has 1 saturated heterocycles. The van der Waals surface area contributed by atoms with Gasteiger partial charge in [-0.3, -0.25) is 0 Å². The van der Waals surface area contributed by atoms with E-state index in [9.17, 15) is 9.18 Å². The predicted octanol–water partition coefficient (Wildman–Crippen LogP) is 3.49. The maximum Gasteiger partial charge on any atom is 0.410 e. The number of likely N-dealkylation sites (tertiary alicyclic amines) is 1. The monoisotopic (exact) mass is 456 g/mol. The molecule has 0 aliphatic carbocycles. The number of nitrogens with zero attached hydrogens (tertiary/aromatic N) is 3. The summed E-state index contributed by atoms with van der Waals surface area (Å²) in [6.45, 7) is 5.76. The molecule has 2 atom stereocenters. The third-order valence-corrected chi connectivity index (χ3v) is 4.20. The maximum absolute atomic E-state index is 14.4. The molecule has 1 amide bonds. The number of hydrogen-bond donors (Lipinski definition) is 1. The Morgan fingerprint density at radius 1 is 1.57 bits per heavy atom. The number of halogens is 3. The SMILES string of the molecule is CC(C)(C)OC(=O)N1CC[C@@H](Nc2nc(Cl)ncc2I)[C@@H](F)C1. The van der Waals surface area contributed by atoms with Crippen LogP contribution in [0.2, 0.25) is 5.28 Å². The minimum atomic E-state index is -1.22. The number of aromatic nitrogens is 2. The van der Waals surface area contributed by atoms with Crippen LogP contribution in [0.15, 0.2) is 6.20 Å². The summed E-state index contributed by atoms with van der Waals surface area (Å²) in [5.41, 5.74) is -0.591. The van der Waals surface area contributed by atoms with Crippen molar-refractivity contribution in [2.45, 2.75) is 45.0 Å². The third-order valence-electron chi connectivity index (χ3n) is 3.23. The number of carbonyl (C=O) groups is 1. The first kappa shape index (κ1) is 18.4. The number of rotatable bonds is 2. The molecule has 1 aromatic heterocycles. The topological polar surface area (TPSA) is 67.3 Å². The van der Waals surface area contributed by atoms with Crippen molar-refractivity contribution in [2.24, 2.45) is 0 Å². The van der Waals surface area contributed by atoms with Crippen molar-refractivity contribution in [3.63, 3.8) is 0 Å². The molecule has 0 unspecified atom stereocenters. The van der Waals surface area contributed by atoms with E-state index in [1.54, 1.807) is 27.0 Å². The second-order valence-corrected chi connectivity index (χ2v) is 7.82. The Kier molecular flexibility index (Phi) is 5.88. The summed E-state index contributed by atoms with van der Waals surface area (Å²) >= 11 is 7.82. The van der Waals surface area contributed by atoms with Crippen molar-refractivity contribution < 1.29 is 13.9 Å². The van der Waals surface area contributed by atoms with E-state index in [1.165, 1.54) is 4.90 Å². The van der Waals surface area contributed by atoms with E-state index in [0.29, 0.717) is 18.8 Å². The van der Waals surface area contributed by atoms with Gasteiger partial charge in [-0.25, -0.2) is 14.2 Å². The van der Waals surface area contributed by atoms with Crippen molar-refractivity contribution in [2.75, 3.05) is 18.4 Å². The Hall–Kier alpha value is -0.900. The number of anilines is 1. The van der Waals surface area contributed by atoms with E-state index >= 15 is 0 Å². The van der Waals surface area contributed by atoms with E-state index in [1.807, 2.05) is 0 Å². The molecule has 6 nitrogen and oxygen atoms in total. The highest BCUT2D eigenvalue weighted by Gasteiger charge is 2.34. The number of nitrogens with one attached hydrogen (secondary N) is 1. The Bertz CT molecular complexity index is 584. The molecule has 23 heavy (non-hydrogen) atoms. The van der Waals surface area contributed by atoms with Crippen molar-refractivity contribution >= 4 is 46.1 Å². The van der Waals surface area contributed by atoms with E-state index in [0.717, 1.165) is 3.57 Å². The number of ether oxygens (including phenoxy) is 1. The standard InChI is InChI=1S/C14H19ClFIN4O2/c1-14(2,3)23-13(22)21-5-4-10(8(16)7-21)19-11-9(17)6-18-12(15)20-11/h6,8,10H,4-5,7H2,1-3H3,(H,18,19,20)/t8-,10+/m0/s1. The lowest BCUT2D eigenvalue weighted by Gasteiger charge is -2.36. The van der Waals surface area contributed by atoms with Crippen LogP contribution < -0.4 is 5.32 Å². The van der Waals surface area contributed by atoms with Crippen molar-refractivity contribution in [1.29, 1.82) is 0 Å². The van der Waals surface area contributed by atoms with Gasteiger partial charge in [-0.15, -0.1) is 0 Å². The van der Waals surface area contributed by atoms with Crippen molar-refractivity contribution in [1.82, 2.24) is 14.9 Å². The molecule has 0 spiro atoms. The van der Waals surface area contributed by atoms with Gasteiger partial charge in [-0.1, -0.05) is 0 Å². The fraction of sp³-hybridized carbons (Fsp3) is 0.643. The zero-order valence-electron chi connectivity index (χ0n) is 13.1. The Morgan fingerprint density at radius 3 is 2.87 bits per heavy atom. The van der Waals surface area contributed by atoms with Gasteiger partial charge in [-0.05, 0) is 61.4 Å². The van der Waals surface area contributed by atoms with E-state index in [4.69, 9.17) is 16.3 Å². The fourth-order valence-electron chi connectivity index (χ4n) is 2.18. The molecule has 0 radical (unpaired) electrons. The van der Waals surface area contributed by atoms with Gasteiger partial charge in [0.05, 0.1) is 16.2 Å². The van der Waals surface area contributed by atoms with Crippen LogP contribution in [0, 0.1) is 3.57 Å². The second-order valence-electron chi connectivity index (χ2n) is 6.32. The summed E-state index contributed by atoms with van der Waals surface area (Å²) < 4.78 is 20.5. The smallest absolute Gasteiger partial charge is 0.410 e. The van der Waals surface area contributed by atoms with Crippen molar-refractivity contribution in [3.8, 4) is 0 Å². The number of alkyl halides is 1. The number of piperidine rings is 1. The van der Waals surface area contributed by atoms with E-state index < -0.39 is 23.9 Å². The first-order chi connectivity index (χ1) is 10.7. The van der Waals surface area contributed by atoms with Gasteiger partial charge >= 0.3 is 6.09 Å². The van der Waals surface area contributed by atoms with Crippen LogP contribution in [-0.2, 0) is 4.74 Å². The van der Waals surface area contributed by atoms with E-state index in [2.05, 4.69) is 37.9 Å². The zero-order chi connectivity index (χ0) is 17.2. The minimum absolute atomic E-state index is 0.0119. The summed E-state index contributed by atoms with van der Waals surface area (Å²) in [7, 11) is 0. The van der Waals surface area contributed by atoms with Crippen LogP contribution in [-0.4, -0.2) is 51.9 Å². The molecule has 0 saturated carbocycles. The number of hydrogen-bond acceptors (Lipinski definition) is 5. The van der Waals surface area contributed by atoms with Gasteiger partial charge in [0.15, 0.2) is 0 Å². The zero-order valence-corrected chi connectivity index (χ0v) is 16.1. The van der Waals surface area contributed by atoms with Crippen molar-refractivity contribution in [3.05, 3.63) is 15.1 Å². The summed E-state index contributed by atoms with van der Waals surface area (Å²) in [6.07, 6.45) is 0.318. The van der Waals surface area contributed by atoms with Gasteiger partial charge in [0.25, 0.3) is 0 Å². The molecular weight excluding hydrogens is 438 g/mol. The Labute approximate surface area is 153 Å². The molecule has 1 aliphatic heterocycles. The molecule has 9 heteroatoms. The first-order valence-corrected chi connectivity index (χ1v) is 8.68. The lowest BCUT2D eigenvalue weighted by molar-refractivity contribution is 0.0125. The van der Waals surface area contributed by atoms with Crippen LogP contribution in [0.5, 0.6) is 0 Å². The highest BCUT2D eigenvalue weighted by molar-refractivity contribution is 14.1. The van der Waals surface area contributed by atoms with Gasteiger partial charge in [0, 0.05) is 12.7 Å². The van der Waals surface area contributed by atoms with Gasteiger partial charge in [0.2, 0.25) is 5.28 Å². The molecule has 1 fully saturated rings. The molecule has 2 heterocycles. The summed E-state index contributed by atoms with van der Waals surface area (Å²) in [6, 6.07) is -0.437. The van der Waals surface area contributed by atoms with E-state index in [-0.39, 0.29) is 11.8 Å². The van der Waals surface area contributed by atoms with Gasteiger partial charge < -0.3 is 15.0 Å². The summed E-state index contributed by atoms with van der Waals surface area (Å²) in [5, 5.41) is 3.16. The quantitative estimate of drug-likeness (QED) is 0.545. The molecule has 0 bridgehead atoms. The second kappa shape index (κ2) is 7.33. The van der Waals surface area contributed by atoms with Gasteiger partial charge in [0.1, 0.15) is 17.6 Å². The van der Waals surface area contributed by atoms with Crippen LogP contribution in [0.4, 0.5) is 15.0 Å². The van der Waals surface area contributed by atoms with Crippen LogP contribution in [0.25, 0.3) is 0 Å². The molecule has 1 N–H and O–H groups in total. The Morgan fingerprint density at radius 2 is 2.26 bits per heavy atom. The summed E-state index contributed by atoms with van der Waals surface area (Å²) in [4.78, 5) is 21.3. The van der Waals surface area contributed by atoms with Crippen LogP contribution >= 0.6 is 34.2 Å². The largest absolute Gasteiger partial charge is 0.444 e. The predicted molar refractivity (Wildman–Crippen MR) is 94.5 cm³/mol. The molecule has 1 aromatic rings. The lowest BCUT2D eigenvalue weighted by Crippen LogP contribution is -2.51. The molecular formula is C14H19ClFIN4O2. The highest BCUT2D eigenvalue weighted by Crippen LogP contribution is 2.23. The maximum atomic E-state index is 14.4. The third kappa shape index (κ3) is 5.30. The van der Waals surface area contributed by atoms with Crippen LogP contribution in [0.3, 0.4) is 0 Å². The number of carbonyl (C=O) groups excluding carboxylic acids is 1. The number of amides is 1. The summed E-state index contributed by atoms with van der Waals surface area (Å²) in [5.74, 6) is 0.504. The highest BCUT2D eigenvalue weighted by atomic mass is 127. The minimum Gasteiger partial charge on any atom is -0.444 e. The molecule has 0 aromatic carbocycles. The molecule has 2 rings (SSSR count). The lowest BCUT2D eigenvalue weighted by atomic mass is 10.0. The average Bonchev–Trinajstić information content (AvgIpc) is 2.43. The van der Waals surface area contributed by atoms with Crippen LogP contribution in [0.1, 0.15) is 27.2 Å². The molecule has 1 aliphatic rings.